The Morgan fingerprint density at radius 3 is 2.72 bits per heavy atom. The van der Waals surface area contributed by atoms with Crippen LogP contribution >= 0.6 is 12.2 Å². The van der Waals surface area contributed by atoms with Gasteiger partial charge in [0.15, 0.2) is 5.11 Å². The van der Waals surface area contributed by atoms with Gasteiger partial charge in [0, 0.05) is 11.1 Å². The Hall–Kier alpha value is -0.680. The van der Waals surface area contributed by atoms with Crippen LogP contribution in [0.3, 0.4) is 0 Å². The lowest BCUT2D eigenvalue weighted by molar-refractivity contribution is -0.113. The number of fused-ring (bicyclic) bond motifs is 5. The van der Waals surface area contributed by atoms with Gasteiger partial charge in [-0.3, -0.25) is 5.43 Å². The van der Waals surface area contributed by atoms with Gasteiger partial charge >= 0.3 is 0 Å². The number of nitrogens with one attached hydrogen (secondary N) is 1. The molecule has 4 aliphatic rings. The summed E-state index contributed by atoms with van der Waals surface area (Å²) in [7, 11) is 0. The molecule has 4 aliphatic carbocycles. The second-order valence-electron chi connectivity index (χ2n) is 9.61. The van der Waals surface area contributed by atoms with E-state index in [1.54, 1.807) is 0 Å². The van der Waals surface area contributed by atoms with Crippen molar-refractivity contribution in [1.82, 2.24) is 5.43 Å². The van der Waals surface area contributed by atoms with Gasteiger partial charge in [0.2, 0.25) is 0 Å². The normalized spacial score (nSPS) is 50.7. The fourth-order valence-electron chi connectivity index (χ4n) is 7.33. The van der Waals surface area contributed by atoms with Gasteiger partial charge in [0.05, 0.1) is 6.10 Å². The molecule has 0 aliphatic heterocycles. The molecule has 4 nitrogen and oxygen atoms in total. The molecule has 4 N–H and O–H groups in total. The molecule has 0 amide bonds. The Morgan fingerprint density at radius 2 is 1.96 bits per heavy atom. The van der Waals surface area contributed by atoms with Gasteiger partial charge < -0.3 is 10.8 Å². The largest absolute Gasteiger partial charge is 0.393 e. The van der Waals surface area contributed by atoms with Crippen molar-refractivity contribution >= 4 is 23.0 Å². The van der Waals surface area contributed by atoms with Crippen LogP contribution in [0.4, 0.5) is 0 Å². The van der Waals surface area contributed by atoms with Crippen LogP contribution in [0.25, 0.3) is 0 Å². The Morgan fingerprint density at radius 1 is 1.16 bits per heavy atom. The van der Waals surface area contributed by atoms with Crippen LogP contribution in [0, 0.1) is 34.5 Å². The lowest BCUT2D eigenvalue weighted by Gasteiger charge is -2.60. The number of rotatable bonds is 1. The highest BCUT2D eigenvalue weighted by Crippen LogP contribution is 2.65. The van der Waals surface area contributed by atoms with E-state index in [2.05, 4.69) is 24.4 Å². The lowest BCUT2D eigenvalue weighted by atomic mass is 9.45. The molecule has 0 aromatic heterocycles. The monoisotopic (exact) mass is 363 g/mol. The first-order chi connectivity index (χ1) is 11.8. The van der Waals surface area contributed by atoms with Crippen LogP contribution in [0.15, 0.2) is 5.10 Å². The topological polar surface area (TPSA) is 70.6 Å². The summed E-state index contributed by atoms with van der Waals surface area (Å²) in [6, 6.07) is 0. The number of thiocarbonyl (C=S) groups is 1. The van der Waals surface area contributed by atoms with Gasteiger partial charge in [-0.25, -0.2) is 0 Å². The van der Waals surface area contributed by atoms with Gasteiger partial charge in [-0.15, -0.1) is 0 Å². The molecule has 0 bridgehead atoms. The van der Waals surface area contributed by atoms with E-state index >= 15 is 0 Å². The number of aliphatic hydroxyl groups is 1. The van der Waals surface area contributed by atoms with Crippen molar-refractivity contribution in [2.45, 2.75) is 77.7 Å². The van der Waals surface area contributed by atoms with Crippen molar-refractivity contribution in [1.29, 1.82) is 0 Å². The average Bonchev–Trinajstić information content (AvgIpc) is 2.90. The highest BCUT2D eigenvalue weighted by Gasteiger charge is 2.59. The number of nitrogens with two attached hydrogens (primary N) is 1. The number of nitrogens with zero attached hydrogens (tertiary/aromatic N) is 1. The van der Waals surface area contributed by atoms with Crippen molar-refractivity contribution in [2.24, 2.45) is 45.3 Å². The van der Waals surface area contributed by atoms with Gasteiger partial charge in [-0.1, -0.05) is 13.8 Å². The summed E-state index contributed by atoms with van der Waals surface area (Å²) in [6.45, 7) is 4.97. The molecule has 0 radical (unpaired) electrons. The molecule has 0 unspecified atom stereocenters. The van der Waals surface area contributed by atoms with Gasteiger partial charge in [-0.2, -0.15) is 5.10 Å². The third kappa shape index (κ3) is 2.73. The fourth-order valence-corrected chi connectivity index (χ4v) is 7.38. The fraction of sp³-hybridized carbons (Fsp3) is 0.900. The molecule has 4 fully saturated rings. The van der Waals surface area contributed by atoms with Crippen LogP contribution in [-0.2, 0) is 0 Å². The van der Waals surface area contributed by atoms with Crippen molar-refractivity contribution < 1.29 is 5.11 Å². The third-order valence-corrected chi connectivity index (χ3v) is 8.77. The molecule has 0 aromatic carbocycles. The van der Waals surface area contributed by atoms with Gasteiger partial charge in [0.1, 0.15) is 0 Å². The maximum absolute atomic E-state index is 10.1. The Labute approximate surface area is 157 Å². The molecule has 4 saturated carbocycles. The van der Waals surface area contributed by atoms with E-state index in [0.29, 0.717) is 5.41 Å². The quantitative estimate of drug-likeness (QED) is 0.492. The smallest absolute Gasteiger partial charge is 0.184 e. The van der Waals surface area contributed by atoms with Crippen molar-refractivity contribution in [2.75, 3.05) is 0 Å². The van der Waals surface area contributed by atoms with E-state index in [-0.39, 0.29) is 16.6 Å². The summed E-state index contributed by atoms with van der Waals surface area (Å²) in [5, 5.41) is 15.0. The molecule has 4 rings (SSSR count). The highest BCUT2D eigenvalue weighted by atomic mass is 32.1. The number of aliphatic hydroxyl groups excluding tert-OH is 1. The zero-order valence-corrected chi connectivity index (χ0v) is 16.4. The molecule has 0 aromatic rings. The van der Waals surface area contributed by atoms with Crippen molar-refractivity contribution in [3.63, 3.8) is 0 Å². The van der Waals surface area contributed by atoms with Crippen LogP contribution in [0.5, 0.6) is 0 Å². The summed E-state index contributed by atoms with van der Waals surface area (Å²) >= 11 is 4.93. The van der Waals surface area contributed by atoms with Crippen LogP contribution in [0.2, 0.25) is 0 Å². The van der Waals surface area contributed by atoms with Gasteiger partial charge in [0.25, 0.3) is 0 Å². The maximum atomic E-state index is 10.1. The summed E-state index contributed by atoms with van der Waals surface area (Å²) in [5.74, 6) is 3.14. The summed E-state index contributed by atoms with van der Waals surface area (Å²) in [6.07, 6.45) is 10.7. The van der Waals surface area contributed by atoms with Crippen LogP contribution in [0.1, 0.15) is 71.6 Å². The second kappa shape index (κ2) is 6.19. The Bertz CT molecular complexity index is 593. The Kier molecular flexibility index (Phi) is 4.39. The predicted molar refractivity (Wildman–Crippen MR) is 105 cm³/mol. The minimum Gasteiger partial charge on any atom is -0.393 e. The summed E-state index contributed by atoms with van der Waals surface area (Å²) in [5.41, 5.74) is 10.4. The molecule has 140 valence electrons. The third-order valence-electron chi connectivity index (χ3n) is 8.68. The molecule has 0 heterocycles. The molecular formula is C20H33N3OS. The van der Waals surface area contributed by atoms with Crippen molar-refractivity contribution in [3.05, 3.63) is 0 Å². The van der Waals surface area contributed by atoms with E-state index < -0.39 is 0 Å². The lowest BCUT2D eigenvalue weighted by Crippen LogP contribution is -2.54. The van der Waals surface area contributed by atoms with Gasteiger partial charge in [-0.05, 0) is 99.1 Å². The zero-order valence-electron chi connectivity index (χ0n) is 15.6. The number of hydrazone groups is 1. The van der Waals surface area contributed by atoms with Crippen LogP contribution < -0.4 is 11.2 Å². The highest BCUT2D eigenvalue weighted by molar-refractivity contribution is 7.80. The first kappa shape index (κ1) is 17.7. The molecule has 7 atom stereocenters. The minimum absolute atomic E-state index is 0.0557. The molecule has 5 heteroatoms. The standard InChI is InChI=1S/C20H33N3OS/c1-19-9-7-13(24)11-12(19)3-4-14-15-5-6-17(22-23-18(21)25)20(15,2)10-8-16(14)19/h12-16,24H,3-11H2,1-2H3,(H3,21,23,25)/b22-17+/t12-,13-,14+,15-,16+,19-,20-/m0/s1. The average molecular weight is 364 g/mol. The first-order valence-electron chi connectivity index (χ1n) is 10.1. The molecule has 0 spiro atoms. The Balaban J connectivity index is 1.58. The molecular weight excluding hydrogens is 330 g/mol. The predicted octanol–water partition coefficient (Wildman–Crippen LogP) is 3.58. The minimum atomic E-state index is -0.0557. The molecule has 0 saturated heterocycles. The zero-order chi connectivity index (χ0) is 17.8. The van der Waals surface area contributed by atoms with E-state index in [1.807, 2.05) is 0 Å². The van der Waals surface area contributed by atoms with E-state index in [9.17, 15) is 5.11 Å². The van der Waals surface area contributed by atoms with E-state index in [4.69, 9.17) is 18.0 Å². The van der Waals surface area contributed by atoms with E-state index in [0.717, 1.165) is 42.9 Å². The van der Waals surface area contributed by atoms with E-state index in [1.165, 1.54) is 44.2 Å². The molecule has 25 heavy (non-hydrogen) atoms. The van der Waals surface area contributed by atoms with Crippen molar-refractivity contribution in [3.8, 4) is 0 Å². The maximum Gasteiger partial charge on any atom is 0.184 e. The SMILES string of the molecule is C[C@]12CC[C@H](O)C[C@@H]1CC[C@H]1[C@H]2CC[C@]2(C)/C(=N/NC(N)=S)CC[C@@H]12. The number of hydrogen-bond acceptors (Lipinski definition) is 3. The summed E-state index contributed by atoms with van der Waals surface area (Å²) < 4.78 is 0. The van der Waals surface area contributed by atoms with Crippen LogP contribution in [-0.4, -0.2) is 22.0 Å². The second-order valence-corrected chi connectivity index (χ2v) is 10.1. The number of hydrogen-bond donors (Lipinski definition) is 3. The summed E-state index contributed by atoms with van der Waals surface area (Å²) in [4.78, 5) is 0. The first-order valence-corrected chi connectivity index (χ1v) is 10.6.